The van der Waals surface area contributed by atoms with Gasteiger partial charge in [0.1, 0.15) is 24.8 Å². The van der Waals surface area contributed by atoms with E-state index in [1.54, 1.807) is 7.11 Å². The Bertz CT molecular complexity index is 901. The number of thiazole rings is 1. The van der Waals surface area contributed by atoms with Crippen molar-refractivity contribution in [1.82, 2.24) is 15.0 Å². The van der Waals surface area contributed by atoms with Crippen LogP contribution in [0, 0.1) is 0 Å². The SMILES string of the molecule is COc1ccc(-c2csc(NC(=O)CN3CN=C4C=CC=CN43)n2)cc1. The molecule has 0 atom stereocenters. The summed E-state index contributed by atoms with van der Waals surface area (Å²) >= 11 is 1.40. The third kappa shape index (κ3) is 3.37. The van der Waals surface area contributed by atoms with E-state index in [0.29, 0.717) is 11.8 Å². The minimum absolute atomic E-state index is 0.125. The van der Waals surface area contributed by atoms with Crippen molar-refractivity contribution in [1.29, 1.82) is 0 Å². The van der Waals surface area contributed by atoms with E-state index in [4.69, 9.17) is 4.74 Å². The van der Waals surface area contributed by atoms with E-state index < -0.39 is 0 Å². The Balaban J connectivity index is 1.37. The fourth-order valence-corrected chi connectivity index (χ4v) is 3.42. The van der Waals surface area contributed by atoms with Crippen LogP contribution in [0.4, 0.5) is 5.13 Å². The summed E-state index contributed by atoms with van der Waals surface area (Å²) in [7, 11) is 1.63. The number of benzene rings is 1. The molecule has 2 aliphatic rings. The predicted octanol–water partition coefficient (Wildman–Crippen LogP) is 2.73. The Morgan fingerprint density at radius 3 is 2.96 bits per heavy atom. The lowest BCUT2D eigenvalue weighted by molar-refractivity contribution is -0.119. The summed E-state index contributed by atoms with van der Waals surface area (Å²) in [4.78, 5) is 21.2. The van der Waals surface area contributed by atoms with Gasteiger partial charge in [-0.05, 0) is 36.4 Å². The maximum absolute atomic E-state index is 12.3. The van der Waals surface area contributed by atoms with Crippen LogP contribution in [0.25, 0.3) is 11.3 Å². The molecule has 2 aliphatic heterocycles. The van der Waals surface area contributed by atoms with Crippen molar-refractivity contribution in [2.75, 3.05) is 25.6 Å². The van der Waals surface area contributed by atoms with Gasteiger partial charge in [0.25, 0.3) is 0 Å². The van der Waals surface area contributed by atoms with Crippen molar-refractivity contribution in [3.05, 3.63) is 54.1 Å². The first-order valence-corrected chi connectivity index (χ1v) is 8.94. The molecule has 0 bridgehead atoms. The molecule has 1 amide bonds. The lowest BCUT2D eigenvalue weighted by atomic mass is 10.2. The van der Waals surface area contributed by atoms with Gasteiger partial charge in [-0.2, -0.15) is 5.01 Å². The first kappa shape index (κ1) is 16.5. The molecule has 1 aromatic heterocycles. The van der Waals surface area contributed by atoms with E-state index in [1.165, 1.54) is 11.3 Å². The van der Waals surface area contributed by atoms with E-state index in [9.17, 15) is 4.79 Å². The number of ether oxygens (including phenoxy) is 1. The molecule has 1 aromatic carbocycles. The molecule has 132 valence electrons. The highest BCUT2D eigenvalue weighted by atomic mass is 32.1. The number of anilines is 1. The number of allylic oxidation sites excluding steroid dienone is 2. The number of nitrogens with one attached hydrogen (secondary N) is 1. The van der Waals surface area contributed by atoms with Crippen LogP contribution >= 0.6 is 11.3 Å². The Labute approximate surface area is 154 Å². The summed E-state index contributed by atoms with van der Waals surface area (Å²) in [6.07, 6.45) is 7.65. The van der Waals surface area contributed by atoms with Crippen LogP contribution in [-0.2, 0) is 4.79 Å². The van der Waals surface area contributed by atoms with Gasteiger partial charge in [-0.3, -0.25) is 9.80 Å². The second-order valence-corrected chi connectivity index (χ2v) is 6.54. The highest BCUT2D eigenvalue weighted by Crippen LogP contribution is 2.26. The fourth-order valence-electron chi connectivity index (χ4n) is 2.69. The summed E-state index contributed by atoms with van der Waals surface area (Å²) in [5, 5.41) is 9.10. The number of rotatable bonds is 5. The number of hydrogen-bond acceptors (Lipinski definition) is 7. The molecule has 8 heteroatoms. The smallest absolute Gasteiger partial charge is 0.242 e. The number of amides is 1. The normalized spacial score (nSPS) is 15.7. The van der Waals surface area contributed by atoms with Crippen LogP contribution in [0.15, 0.2) is 59.1 Å². The summed E-state index contributed by atoms with van der Waals surface area (Å²) < 4.78 is 5.16. The molecular formula is C18H17N5O2S. The molecule has 0 spiro atoms. The fraction of sp³-hybridized carbons (Fsp3) is 0.167. The predicted molar refractivity (Wildman–Crippen MR) is 102 cm³/mol. The number of hydrazine groups is 1. The Morgan fingerprint density at radius 1 is 1.31 bits per heavy atom. The van der Waals surface area contributed by atoms with Crippen LogP contribution in [-0.4, -0.2) is 47.1 Å². The number of amidine groups is 1. The van der Waals surface area contributed by atoms with Gasteiger partial charge >= 0.3 is 0 Å². The average molecular weight is 367 g/mol. The number of fused-ring (bicyclic) bond motifs is 1. The van der Waals surface area contributed by atoms with Crippen molar-refractivity contribution < 1.29 is 9.53 Å². The van der Waals surface area contributed by atoms with Crippen molar-refractivity contribution in [2.24, 2.45) is 4.99 Å². The third-order valence-electron chi connectivity index (χ3n) is 3.98. The second kappa shape index (κ2) is 7.11. The van der Waals surface area contributed by atoms with Gasteiger partial charge in [0.2, 0.25) is 5.91 Å². The van der Waals surface area contributed by atoms with Crippen LogP contribution in [0.3, 0.4) is 0 Å². The monoisotopic (exact) mass is 367 g/mol. The zero-order chi connectivity index (χ0) is 17.9. The van der Waals surface area contributed by atoms with Gasteiger partial charge in [-0.1, -0.05) is 6.08 Å². The first-order valence-electron chi connectivity index (χ1n) is 8.06. The quantitative estimate of drug-likeness (QED) is 0.880. The van der Waals surface area contributed by atoms with Gasteiger partial charge in [-0.25, -0.2) is 9.98 Å². The maximum Gasteiger partial charge on any atom is 0.242 e. The molecule has 26 heavy (non-hydrogen) atoms. The van der Waals surface area contributed by atoms with Crippen LogP contribution in [0.1, 0.15) is 0 Å². The van der Waals surface area contributed by atoms with Gasteiger partial charge in [0, 0.05) is 17.1 Å². The van der Waals surface area contributed by atoms with Crippen molar-refractivity contribution in [3.8, 4) is 17.0 Å². The summed E-state index contributed by atoms with van der Waals surface area (Å²) in [6, 6.07) is 7.66. The van der Waals surface area contributed by atoms with Crippen LogP contribution < -0.4 is 10.1 Å². The Hall–Kier alpha value is -2.97. The van der Waals surface area contributed by atoms with Gasteiger partial charge in [-0.15, -0.1) is 11.3 Å². The van der Waals surface area contributed by atoms with Crippen LogP contribution in [0.2, 0.25) is 0 Å². The maximum atomic E-state index is 12.3. The molecule has 0 unspecified atom stereocenters. The van der Waals surface area contributed by atoms with Crippen LogP contribution in [0.5, 0.6) is 5.75 Å². The van der Waals surface area contributed by atoms with Crippen molar-refractivity contribution in [2.45, 2.75) is 0 Å². The lowest BCUT2D eigenvalue weighted by Gasteiger charge is -2.26. The molecular weight excluding hydrogens is 350 g/mol. The second-order valence-electron chi connectivity index (χ2n) is 5.68. The third-order valence-corrected chi connectivity index (χ3v) is 4.74. The molecule has 4 rings (SSSR count). The Morgan fingerprint density at radius 2 is 2.15 bits per heavy atom. The number of aliphatic imine (C=N–C) groups is 1. The summed E-state index contributed by atoms with van der Waals surface area (Å²) in [6.45, 7) is 0.676. The van der Waals surface area contributed by atoms with E-state index >= 15 is 0 Å². The number of hydrogen-bond donors (Lipinski definition) is 1. The molecule has 2 aromatic rings. The average Bonchev–Trinajstić information content (AvgIpc) is 3.29. The summed E-state index contributed by atoms with van der Waals surface area (Å²) in [5.41, 5.74) is 1.80. The zero-order valence-corrected chi connectivity index (χ0v) is 14.9. The summed E-state index contributed by atoms with van der Waals surface area (Å²) in [5.74, 6) is 1.52. The van der Waals surface area contributed by atoms with E-state index in [1.807, 2.05) is 64.1 Å². The van der Waals surface area contributed by atoms with Gasteiger partial charge in [0.05, 0.1) is 12.8 Å². The molecule has 0 fully saturated rings. The number of methoxy groups -OCH3 is 1. The molecule has 0 aliphatic carbocycles. The van der Waals surface area contributed by atoms with Gasteiger partial charge < -0.3 is 10.1 Å². The minimum Gasteiger partial charge on any atom is -0.497 e. The molecule has 3 heterocycles. The van der Waals surface area contributed by atoms with Crippen molar-refractivity contribution in [3.63, 3.8) is 0 Å². The molecule has 7 nitrogen and oxygen atoms in total. The van der Waals surface area contributed by atoms with E-state index in [2.05, 4.69) is 15.3 Å². The number of nitrogens with zero attached hydrogens (tertiary/aromatic N) is 4. The molecule has 0 saturated heterocycles. The molecule has 1 N–H and O–H groups in total. The molecule has 0 radical (unpaired) electrons. The molecule has 0 saturated carbocycles. The lowest BCUT2D eigenvalue weighted by Crippen LogP contribution is -2.42. The standard InChI is InChI=1S/C18H17N5O2S/c1-25-14-7-5-13(6-8-14)15-11-26-18(20-15)21-17(24)10-22-12-19-16-4-2-3-9-23(16)22/h2-9,11H,10,12H2,1H3,(H,20,21,24). The zero-order valence-electron chi connectivity index (χ0n) is 14.1. The van der Waals surface area contributed by atoms with E-state index in [0.717, 1.165) is 22.8 Å². The highest BCUT2D eigenvalue weighted by Gasteiger charge is 2.25. The minimum atomic E-state index is -0.125. The largest absolute Gasteiger partial charge is 0.497 e. The first-order chi connectivity index (χ1) is 12.7. The van der Waals surface area contributed by atoms with Crippen molar-refractivity contribution >= 4 is 28.2 Å². The van der Waals surface area contributed by atoms with Gasteiger partial charge in [0.15, 0.2) is 5.13 Å². The highest BCUT2D eigenvalue weighted by molar-refractivity contribution is 7.14. The number of carbonyl (C=O) groups is 1. The Kier molecular flexibility index (Phi) is 4.51. The van der Waals surface area contributed by atoms with E-state index in [-0.39, 0.29) is 12.5 Å². The topological polar surface area (TPSA) is 70.1 Å². The number of aromatic nitrogens is 1. The number of carbonyl (C=O) groups excluding carboxylic acids is 1.